The minimum absolute atomic E-state index is 0.0805. The molecule has 3 heteroatoms. The Bertz CT molecular complexity index is 944. The number of carbonyl (C=O) groups excluding carboxylic acids is 1. The Kier molecular flexibility index (Phi) is 8.52. The van der Waals surface area contributed by atoms with Crippen molar-refractivity contribution in [3.63, 3.8) is 0 Å². The molecule has 1 aromatic heterocycles. The van der Waals surface area contributed by atoms with E-state index in [9.17, 15) is 4.79 Å². The zero-order chi connectivity index (χ0) is 22.1. The molecule has 1 heterocycles. The van der Waals surface area contributed by atoms with Gasteiger partial charge >= 0.3 is 0 Å². The zero-order valence-corrected chi connectivity index (χ0v) is 19.3. The van der Waals surface area contributed by atoms with Crippen LogP contribution in [0.25, 0.3) is 0 Å². The molecule has 0 saturated heterocycles. The van der Waals surface area contributed by atoms with Gasteiger partial charge in [-0.25, -0.2) is 0 Å². The number of aromatic nitrogens is 1. The zero-order valence-electron chi connectivity index (χ0n) is 19.3. The first kappa shape index (κ1) is 22.9. The molecule has 0 aliphatic carbocycles. The van der Waals surface area contributed by atoms with E-state index in [2.05, 4.69) is 85.0 Å². The molecular weight excluding hydrogens is 380 g/mol. The van der Waals surface area contributed by atoms with Gasteiger partial charge in [0, 0.05) is 25.0 Å². The second-order valence-corrected chi connectivity index (χ2v) is 8.45. The lowest BCUT2D eigenvalue weighted by Crippen LogP contribution is -2.36. The average molecular weight is 417 g/mol. The lowest BCUT2D eigenvalue weighted by atomic mass is 9.94. The van der Waals surface area contributed by atoms with Crippen molar-refractivity contribution in [1.29, 1.82) is 0 Å². The highest BCUT2D eigenvalue weighted by Gasteiger charge is 2.25. The molecule has 3 aromatic rings. The first-order valence-electron chi connectivity index (χ1n) is 11.7. The molecule has 0 spiro atoms. The maximum atomic E-state index is 13.6. The molecule has 0 aliphatic rings. The normalized spacial score (nSPS) is 12.0. The Morgan fingerprint density at radius 3 is 2.48 bits per heavy atom. The quantitative estimate of drug-likeness (QED) is 0.325. The fourth-order valence-electron chi connectivity index (χ4n) is 4.23. The Morgan fingerprint density at radius 2 is 1.77 bits per heavy atom. The number of rotatable bonds is 11. The van der Waals surface area contributed by atoms with Gasteiger partial charge in [0.15, 0.2) is 0 Å². The summed E-state index contributed by atoms with van der Waals surface area (Å²) >= 11 is 0. The SMILES string of the molecule is CCCCCN(Cc1cccn1Cc1cccc(C)c1)C(=O)[C@@H](CC)c1ccccc1. The van der Waals surface area contributed by atoms with E-state index < -0.39 is 0 Å². The van der Waals surface area contributed by atoms with Crippen LogP contribution in [0.5, 0.6) is 0 Å². The predicted molar refractivity (Wildman–Crippen MR) is 129 cm³/mol. The minimum Gasteiger partial charge on any atom is -0.345 e. The monoisotopic (exact) mass is 416 g/mol. The van der Waals surface area contributed by atoms with Crippen LogP contribution in [0.2, 0.25) is 0 Å². The van der Waals surface area contributed by atoms with Gasteiger partial charge in [-0.05, 0) is 43.0 Å². The molecule has 2 aromatic carbocycles. The molecule has 3 rings (SSSR count). The van der Waals surface area contributed by atoms with Crippen LogP contribution in [-0.2, 0) is 17.9 Å². The molecule has 0 fully saturated rings. The standard InChI is InChI=1S/C28H36N2O/c1-4-6-10-18-30(28(31)27(5-2)25-15-8-7-9-16-25)22-26-17-12-19-29(26)21-24-14-11-13-23(3)20-24/h7-9,11-17,19-20,27H,4-6,10,18,21-22H2,1-3H3/t27-/m0/s1. The highest BCUT2D eigenvalue weighted by atomic mass is 16.2. The van der Waals surface area contributed by atoms with Gasteiger partial charge in [0.05, 0.1) is 12.5 Å². The van der Waals surface area contributed by atoms with Crippen molar-refractivity contribution >= 4 is 5.91 Å². The highest BCUT2D eigenvalue weighted by molar-refractivity contribution is 5.83. The summed E-state index contributed by atoms with van der Waals surface area (Å²) in [7, 11) is 0. The number of amides is 1. The number of unbranched alkanes of at least 4 members (excludes halogenated alkanes) is 2. The third-order valence-electron chi connectivity index (χ3n) is 5.96. The van der Waals surface area contributed by atoms with Crippen molar-refractivity contribution in [3.8, 4) is 0 Å². The van der Waals surface area contributed by atoms with Gasteiger partial charge in [-0.2, -0.15) is 0 Å². The summed E-state index contributed by atoms with van der Waals surface area (Å²) in [6.45, 7) is 8.74. The predicted octanol–water partition coefficient (Wildman–Crippen LogP) is 6.56. The van der Waals surface area contributed by atoms with Gasteiger partial charge in [0.2, 0.25) is 5.91 Å². The summed E-state index contributed by atoms with van der Waals surface area (Å²) in [6, 6.07) is 23.1. The first-order valence-corrected chi connectivity index (χ1v) is 11.7. The Balaban J connectivity index is 1.80. The van der Waals surface area contributed by atoms with Crippen LogP contribution in [-0.4, -0.2) is 21.9 Å². The molecule has 0 radical (unpaired) electrons. The molecule has 3 nitrogen and oxygen atoms in total. The number of hydrogen-bond acceptors (Lipinski definition) is 1. The summed E-state index contributed by atoms with van der Waals surface area (Å²) in [4.78, 5) is 15.7. The summed E-state index contributed by atoms with van der Waals surface area (Å²) in [5.74, 6) is 0.163. The van der Waals surface area contributed by atoms with Crippen LogP contribution in [0.3, 0.4) is 0 Å². The van der Waals surface area contributed by atoms with E-state index in [0.717, 1.165) is 44.3 Å². The van der Waals surface area contributed by atoms with Crippen LogP contribution >= 0.6 is 0 Å². The van der Waals surface area contributed by atoms with E-state index in [1.54, 1.807) is 0 Å². The molecule has 1 atom stereocenters. The number of nitrogens with zero attached hydrogens (tertiary/aromatic N) is 2. The van der Waals surface area contributed by atoms with Crippen LogP contribution < -0.4 is 0 Å². The number of aryl methyl sites for hydroxylation is 1. The highest BCUT2D eigenvalue weighted by Crippen LogP contribution is 2.24. The van der Waals surface area contributed by atoms with E-state index in [0.29, 0.717) is 6.54 Å². The van der Waals surface area contributed by atoms with Crippen molar-refractivity contribution in [3.05, 3.63) is 95.3 Å². The van der Waals surface area contributed by atoms with Crippen molar-refractivity contribution in [1.82, 2.24) is 9.47 Å². The first-order chi connectivity index (χ1) is 15.1. The van der Waals surface area contributed by atoms with Crippen LogP contribution in [0, 0.1) is 6.92 Å². The minimum atomic E-state index is -0.0805. The van der Waals surface area contributed by atoms with E-state index in [4.69, 9.17) is 0 Å². The van der Waals surface area contributed by atoms with Gasteiger partial charge < -0.3 is 9.47 Å². The van der Waals surface area contributed by atoms with Crippen molar-refractivity contribution in [2.24, 2.45) is 0 Å². The van der Waals surface area contributed by atoms with E-state index in [1.165, 1.54) is 16.8 Å². The van der Waals surface area contributed by atoms with Gasteiger partial charge in [0.25, 0.3) is 0 Å². The largest absolute Gasteiger partial charge is 0.345 e. The van der Waals surface area contributed by atoms with Crippen LogP contribution in [0.1, 0.15) is 67.8 Å². The summed E-state index contributed by atoms with van der Waals surface area (Å²) in [5.41, 5.74) is 4.87. The molecule has 31 heavy (non-hydrogen) atoms. The summed E-state index contributed by atoms with van der Waals surface area (Å²) in [6.07, 6.45) is 6.29. The average Bonchev–Trinajstić information content (AvgIpc) is 3.21. The Morgan fingerprint density at radius 1 is 0.968 bits per heavy atom. The molecule has 1 amide bonds. The van der Waals surface area contributed by atoms with Crippen LogP contribution in [0.4, 0.5) is 0 Å². The number of benzene rings is 2. The fraction of sp³-hybridized carbons (Fsp3) is 0.393. The Labute approximate surface area is 187 Å². The topological polar surface area (TPSA) is 25.2 Å². The third kappa shape index (κ3) is 6.33. The fourth-order valence-corrected chi connectivity index (χ4v) is 4.23. The third-order valence-corrected chi connectivity index (χ3v) is 5.96. The van der Waals surface area contributed by atoms with Crippen molar-refractivity contribution in [2.45, 2.75) is 65.5 Å². The molecule has 0 unspecified atom stereocenters. The summed E-state index contributed by atoms with van der Waals surface area (Å²) in [5, 5.41) is 0. The molecule has 164 valence electrons. The second-order valence-electron chi connectivity index (χ2n) is 8.45. The van der Waals surface area contributed by atoms with Gasteiger partial charge in [0.1, 0.15) is 0 Å². The molecular formula is C28H36N2O. The summed E-state index contributed by atoms with van der Waals surface area (Å²) < 4.78 is 2.28. The molecule has 0 aliphatic heterocycles. The van der Waals surface area contributed by atoms with E-state index >= 15 is 0 Å². The molecule has 0 saturated carbocycles. The van der Waals surface area contributed by atoms with E-state index in [-0.39, 0.29) is 11.8 Å². The van der Waals surface area contributed by atoms with Crippen LogP contribution in [0.15, 0.2) is 72.9 Å². The number of carbonyl (C=O) groups is 1. The van der Waals surface area contributed by atoms with Crippen molar-refractivity contribution < 1.29 is 4.79 Å². The van der Waals surface area contributed by atoms with Crippen molar-refractivity contribution in [2.75, 3.05) is 6.54 Å². The molecule has 0 bridgehead atoms. The number of hydrogen-bond donors (Lipinski definition) is 0. The van der Waals surface area contributed by atoms with Gasteiger partial charge in [-0.15, -0.1) is 0 Å². The maximum absolute atomic E-state index is 13.6. The lowest BCUT2D eigenvalue weighted by molar-refractivity contribution is -0.133. The molecule has 0 N–H and O–H groups in total. The lowest BCUT2D eigenvalue weighted by Gasteiger charge is -2.28. The second kappa shape index (κ2) is 11.5. The van der Waals surface area contributed by atoms with Gasteiger partial charge in [-0.1, -0.05) is 86.8 Å². The maximum Gasteiger partial charge on any atom is 0.230 e. The van der Waals surface area contributed by atoms with Gasteiger partial charge in [-0.3, -0.25) is 4.79 Å². The Hall–Kier alpha value is -2.81. The van der Waals surface area contributed by atoms with E-state index in [1.807, 2.05) is 18.2 Å². The smallest absolute Gasteiger partial charge is 0.230 e.